The number of piperidine rings is 1. The maximum Gasteiger partial charge on any atom is 0.410 e. The molecule has 1 amide bonds. The van der Waals surface area contributed by atoms with E-state index in [0.717, 1.165) is 10.0 Å². The van der Waals surface area contributed by atoms with Crippen LogP contribution in [0.25, 0.3) is 0 Å². The minimum atomic E-state index is -3.83. The van der Waals surface area contributed by atoms with E-state index in [1.54, 1.807) is 29.2 Å². The van der Waals surface area contributed by atoms with Crippen LogP contribution in [0.15, 0.2) is 57.9 Å². The van der Waals surface area contributed by atoms with Crippen LogP contribution in [0.1, 0.15) is 39.2 Å². The highest BCUT2D eigenvalue weighted by Crippen LogP contribution is 2.28. The number of carbonyl (C=O) groups excluding carboxylic acids is 1. The average Bonchev–Trinajstić information content (AvgIpc) is 2.77. The number of hydrogen-bond donors (Lipinski definition) is 0. The van der Waals surface area contributed by atoms with E-state index in [1.165, 1.54) is 11.4 Å². The number of ether oxygens (including phenoxy) is 2. The summed E-state index contributed by atoms with van der Waals surface area (Å²) in [5.41, 5.74) is 0.251. The summed E-state index contributed by atoms with van der Waals surface area (Å²) in [6, 6.07) is 13.6. The molecule has 1 heterocycles. The zero-order chi connectivity index (χ0) is 24.2. The lowest BCUT2D eigenvalue weighted by Gasteiger charge is -2.39. The van der Waals surface area contributed by atoms with Crippen molar-refractivity contribution in [3.8, 4) is 5.75 Å². The first-order valence-corrected chi connectivity index (χ1v) is 13.1. The third kappa shape index (κ3) is 6.71. The first kappa shape index (κ1) is 25.5. The molecule has 33 heavy (non-hydrogen) atoms. The van der Waals surface area contributed by atoms with Gasteiger partial charge >= 0.3 is 6.09 Å². The van der Waals surface area contributed by atoms with Crippen LogP contribution in [-0.2, 0) is 21.3 Å². The largest absolute Gasteiger partial charge is 0.497 e. The van der Waals surface area contributed by atoms with Crippen LogP contribution < -0.4 is 4.74 Å². The lowest BCUT2D eigenvalue weighted by Crippen LogP contribution is -2.52. The lowest BCUT2D eigenvalue weighted by atomic mass is 10.1. The van der Waals surface area contributed by atoms with Gasteiger partial charge in [0.05, 0.1) is 12.0 Å². The number of benzene rings is 2. The Labute approximate surface area is 204 Å². The van der Waals surface area contributed by atoms with Gasteiger partial charge in [-0.05, 0) is 75.6 Å². The predicted molar refractivity (Wildman–Crippen MR) is 131 cm³/mol. The highest BCUT2D eigenvalue weighted by Gasteiger charge is 2.36. The molecule has 1 unspecified atom stereocenters. The summed E-state index contributed by atoms with van der Waals surface area (Å²) < 4.78 is 40.6. The Morgan fingerprint density at radius 1 is 1.12 bits per heavy atom. The van der Waals surface area contributed by atoms with Crippen molar-refractivity contribution < 1.29 is 22.7 Å². The van der Waals surface area contributed by atoms with Gasteiger partial charge < -0.3 is 14.4 Å². The Kier molecular flexibility index (Phi) is 8.08. The first-order valence-electron chi connectivity index (χ1n) is 10.9. The molecular weight excluding hydrogens is 508 g/mol. The molecule has 1 atom stereocenters. The van der Waals surface area contributed by atoms with Gasteiger partial charge in [0.25, 0.3) is 0 Å². The quantitative estimate of drug-likeness (QED) is 0.514. The minimum Gasteiger partial charge on any atom is -0.497 e. The van der Waals surface area contributed by atoms with Crippen molar-refractivity contribution in [1.82, 2.24) is 9.21 Å². The van der Waals surface area contributed by atoms with Crippen molar-refractivity contribution in [2.75, 3.05) is 20.2 Å². The van der Waals surface area contributed by atoms with Gasteiger partial charge in [0.1, 0.15) is 11.4 Å². The van der Waals surface area contributed by atoms with Gasteiger partial charge in [0.15, 0.2) is 0 Å². The zero-order valence-electron chi connectivity index (χ0n) is 19.5. The summed E-state index contributed by atoms with van der Waals surface area (Å²) in [6.07, 6.45) is 0.932. The molecule has 0 saturated carbocycles. The average molecular weight is 539 g/mol. The van der Waals surface area contributed by atoms with E-state index in [-0.39, 0.29) is 24.0 Å². The van der Waals surface area contributed by atoms with E-state index >= 15 is 0 Å². The SMILES string of the molecule is COc1ccc(S(=O)(=O)N(Cc2ccc(Br)cc2)C2CCCN(C(=O)OC(C)(C)C)C2)cc1. The van der Waals surface area contributed by atoms with Gasteiger partial charge in [-0.15, -0.1) is 0 Å². The Balaban J connectivity index is 1.92. The van der Waals surface area contributed by atoms with E-state index in [1.807, 2.05) is 45.0 Å². The molecule has 0 aliphatic carbocycles. The molecule has 180 valence electrons. The van der Waals surface area contributed by atoms with Crippen LogP contribution in [0, 0.1) is 0 Å². The standard InChI is InChI=1S/C24H31BrN2O5S/c1-24(2,3)32-23(28)26-15-5-6-20(17-26)27(16-18-7-9-19(25)10-8-18)33(29,30)22-13-11-21(31-4)12-14-22/h7-14,20H,5-6,15-17H2,1-4H3. The van der Waals surface area contributed by atoms with Crippen LogP contribution in [0.4, 0.5) is 4.79 Å². The fourth-order valence-corrected chi connectivity index (χ4v) is 5.64. The van der Waals surface area contributed by atoms with Crippen molar-refractivity contribution >= 4 is 32.0 Å². The summed E-state index contributed by atoms with van der Waals surface area (Å²) in [4.78, 5) is 14.5. The van der Waals surface area contributed by atoms with Crippen molar-refractivity contribution in [3.05, 3.63) is 58.6 Å². The topological polar surface area (TPSA) is 76.2 Å². The number of nitrogens with zero attached hydrogens (tertiary/aromatic N) is 2. The Hall–Kier alpha value is -2.10. The second-order valence-electron chi connectivity index (χ2n) is 9.07. The van der Waals surface area contributed by atoms with Crippen LogP contribution in [0.2, 0.25) is 0 Å². The Morgan fingerprint density at radius 3 is 2.33 bits per heavy atom. The Bertz CT molecular complexity index is 1050. The molecule has 0 N–H and O–H groups in total. The molecular formula is C24H31BrN2O5S. The predicted octanol–water partition coefficient (Wildman–Crippen LogP) is 5.05. The van der Waals surface area contributed by atoms with Gasteiger partial charge in [0.2, 0.25) is 10.0 Å². The Morgan fingerprint density at radius 2 is 1.76 bits per heavy atom. The maximum absolute atomic E-state index is 13.7. The van der Waals surface area contributed by atoms with Gasteiger partial charge in [-0.3, -0.25) is 0 Å². The van der Waals surface area contributed by atoms with Crippen LogP contribution >= 0.6 is 15.9 Å². The first-order chi connectivity index (χ1) is 15.5. The zero-order valence-corrected chi connectivity index (χ0v) is 21.9. The van der Waals surface area contributed by atoms with E-state index in [2.05, 4.69) is 15.9 Å². The summed E-state index contributed by atoms with van der Waals surface area (Å²) in [5, 5.41) is 0. The van der Waals surface area contributed by atoms with Crippen LogP contribution in [-0.4, -0.2) is 55.6 Å². The highest BCUT2D eigenvalue weighted by atomic mass is 79.9. The summed E-state index contributed by atoms with van der Waals surface area (Å²) >= 11 is 3.42. The van der Waals surface area contributed by atoms with Crippen molar-refractivity contribution in [1.29, 1.82) is 0 Å². The van der Waals surface area contributed by atoms with E-state index < -0.39 is 21.7 Å². The molecule has 0 radical (unpaired) electrons. The number of hydrogen-bond acceptors (Lipinski definition) is 5. The summed E-state index contributed by atoms with van der Waals surface area (Å²) in [7, 11) is -2.29. The third-order valence-corrected chi connectivity index (χ3v) is 7.81. The molecule has 0 aromatic heterocycles. The molecule has 3 rings (SSSR count). The molecule has 2 aromatic carbocycles. The molecule has 1 aliphatic rings. The van der Waals surface area contributed by atoms with Gasteiger partial charge in [0, 0.05) is 30.1 Å². The summed E-state index contributed by atoms with van der Waals surface area (Å²) in [6.45, 7) is 6.48. The number of methoxy groups -OCH3 is 1. The monoisotopic (exact) mass is 538 g/mol. The molecule has 1 aliphatic heterocycles. The number of amides is 1. The molecule has 7 nitrogen and oxygen atoms in total. The minimum absolute atomic E-state index is 0.190. The van der Waals surface area contributed by atoms with Gasteiger partial charge in [-0.25, -0.2) is 13.2 Å². The molecule has 2 aromatic rings. The molecule has 9 heteroatoms. The van der Waals surface area contributed by atoms with E-state index in [9.17, 15) is 13.2 Å². The fourth-order valence-electron chi connectivity index (χ4n) is 3.75. The highest BCUT2D eigenvalue weighted by molar-refractivity contribution is 9.10. The normalized spacial score (nSPS) is 17.2. The smallest absolute Gasteiger partial charge is 0.410 e. The van der Waals surface area contributed by atoms with Crippen molar-refractivity contribution in [3.63, 3.8) is 0 Å². The second kappa shape index (κ2) is 10.4. The number of likely N-dealkylation sites (tertiary alicyclic amines) is 1. The maximum atomic E-state index is 13.7. The molecule has 1 saturated heterocycles. The number of sulfonamides is 1. The van der Waals surface area contributed by atoms with Crippen LogP contribution in [0.3, 0.4) is 0 Å². The lowest BCUT2D eigenvalue weighted by molar-refractivity contribution is 0.0152. The van der Waals surface area contributed by atoms with Gasteiger partial charge in [-0.2, -0.15) is 4.31 Å². The van der Waals surface area contributed by atoms with Crippen LogP contribution in [0.5, 0.6) is 5.75 Å². The fraction of sp³-hybridized carbons (Fsp3) is 0.458. The number of halogens is 1. The molecule has 0 bridgehead atoms. The van der Waals surface area contributed by atoms with Crippen molar-refractivity contribution in [2.24, 2.45) is 0 Å². The number of rotatable bonds is 6. The van der Waals surface area contributed by atoms with E-state index in [0.29, 0.717) is 25.1 Å². The second-order valence-corrected chi connectivity index (χ2v) is 11.9. The number of carbonyl (C=O) groups is 1. The third-order valence-electron chi connectivity index (χ3n) is 5.37. The van der Waals surface area contributed by atoms with Gasteiger partial charge in [-0.1, -0.05) is 28.1 Å². The summed E-state index contributed by atoms with van der Waals surface area (Å²) in [5.74, 6) is 0.585. The van der Waals surface area contributed by atoms with E-state index in [4.69, 9.17) is 9.47 Å². The van der Waals surface area contributed by atoms with Crippen molar-refractivity contribution in [2.45, 2.75) is 56.7 Å². The molecule has 0 spiro atoms. The molecule has 1 fully saturated rings.